The Labute approximate surface area is 302 Å². The van der Waals surface area contributed by atoms with Gasteiger partial charge in [0.25, 0.3) is 5.91 Å². The number of hydrogen-bond acceptors (Lipinski definition) is 9. The Bertz CT molecular complexity index is 2080. The lowest BCUT2D eigenvalue weighted by molar-refractivity contribution is -0.125. The molecule has 2 amide bonds. The van der Waals surface area contributed by atoms with Crippen LogP contribution in [-0.2, 0) is 19.6 Å². The van der Waals surface area contributed by atoms with E-state index in [1.807, 2.05) is 19.9 Å². The van der Waals surface area contributed by atoms with Crippen molar-refractivity contribution in [3.8, 4) is 11.1 Å². The van der Waals surface area contributed by atoms with Gasteiger partial charge in [0.2, 0.25) is 15.9 Å². The number of rotatable bonds is 11. The summed E-state index contributed by atoms with van der Waals surface area (Å²) in [4.78, 5) is 60.4. The number of pyridine rings is 1. The molecule has 14 nitrogen and oxygen atoms in total. The summed E-state index contributed by atoms with van der Waals surface area (Å²) >= 11 is 0. The molecule has 274 valence electrons. The number of aldehydes is 1. The number of aromatic carboxylic acids is 1. The third kappa shape index (κ3) is 7.77. The Morgan fingerprint density at radius 3 is 2.44 bits per heavy atom. The fraction of sp³-hybridized carbons (Fsp3) is 0.378. The number of amides is 2. The Hall–Kier alpha value is -4.96. The third-order valence-corrected chi connectivity index (χ3v) is 11.5. The topological polar surface area (TPSA) is 171 Å². The zero-order valence-electron chi connectivity index (χ0n) is 29.1. The van der Waals surface area contributed by atoms with Crippen molar-refractivity contribution < 1.29 is 37.4 Å². The standard InChI is InChI=1S/C37H42N6O8S/c1-25(2)30-20-26(8-9-27(30)24-44)31-21-28(37(47)48)22-41-23-32(39-34(31)41)36(46)43-15-14-42(52(49,50)29-6-4-3-5-7-29)12-10-33(43)35(45)38-11-13-40-16-18-51-19-17-40/h3-9,20-25,33H,10-19H2,1-2H3,(H,38,45)(H,47,48)/t33-/m1/s1. The van der Waals surface area contributed by atoms with Crippen LogP contribution < -0.4 is 5.32 Å². The summed E-state index contributed by atoms with van der Waals surface area (Å²) in [6.45, 7) is 7.42. The molecule has 1 atom stereocenters. The quantitative estimate of drug-likeness (QED) is 0.219. The molecule has 0 saturated carbocycles. The van der Waals surface area contributed by atoms with Crippen LogP contribution in [0.5, 0.6) is 0 Å². The van der Waals surface area contributed by atoms with E-state index in [1.165, 1.54) is 44.2 Å². The molecule has 0 unspecified atom stereocenters. The molecule has 52 heavy (non-hydrogen) atoms. The SMILES string of the molecule is CC(C)c1cc(-c2cc(C(=O)O)cn3cc(C(=O)N4CCN(S(=O)(=O)c5ccccc5)CC[C@@H]4C(=O)NCCN4CCOCC4)nc23)ccc1C=O. The Balaban J connectivity index is 1.34. The number of ether oxygens (including phenoxy) is 1. The minimum atomic E-state index is -3.92. The number of aromatic nitrogens is 2. The van der Waals surface area contributed by atoms with Gasteiger partial charge >= 0.3 is 5.97 Å². The molecule has 2 N–H and O–H groups in total. The number of carbonyl (C=O) groups excluding carboxylic acids is 3. The van der Waals surface area contributed by atoms with Crippen LogP contribution in [0.1, 0.15) is 63.0 Å². The lowest BCUT2D eigenvalue weighted by Gasteiger charge is -2.29. The van der Waals surface area contributed by atoms with E-state index in [0.29, 0.717) is 48.6 Å². The molecule has 2 aromatic carbocycles. The number of hydrogen-bond donors (Lipinski definition) is 2. The van der Waals surface area contributed by atoms with Gasteiger partial charge in [-0.15, -0.1) is 0 Å². The highest BCUT2D eigenvalue weighted by atomic mass is 32.2. The molecule has 15 heteroatoms. The maximum atomic E-state index is 14.4. The van der Waals surface area contributed by atoms with Gasteiger partial charge in [0.15, 0.2) is 0 Å². The highest BCUT2D eigenvalue weighted by Gasteiger charge is 2.37. The first-order valence-corrected chi connectivity index (χ1v) is 18.7. The molecule has 2 aliphatic heterocycles. The van der Waals surface area contributed by atoms with Gasteiger partial charge in [-0.1, -0.05) is 50.2 Å². The van der Waals surface area contributed by atoms with Crippen LogP contribution in [0.3, 0.4) is 0 Å². The van der Waals surface area contributed by atoms with Crippen LogP contribution in [-0.4, -0.2) is 126 Å². The van der Waals surface area contributed by atoms with Crippen LogP contribution in [0.4, 0.5) is 0 Å². The average Bonchev–Trinajstić information content (AvgIpc) is 3.46. The summed E-state index contributed by atoms with van der Waals surface area (Å²) in [5.74, 6) is -2.19. The Morgan fingerprint density at radius 2 is 1.75 bits per heavy atom. The van der Waals surface area contributed by atoms with Gasteiger partial charge in [0, 0.05) is 69.3 Å². The minimum Gasteiger partial charge on any atom is -0.478 e. The first-order chi connectivity index (χ1) is 25.0. The van der Waals surface area contributed by atoms with Gasteiger partial charge in [-0.25, -0.2) is 18.2 Å². The first kappa shape index (κ1) is 36.8. The van der Waals surface area contributed by atoms with Gasteiger partial charge in [-0.3, -0.25) is 19.3 Å². The van der Waals surface area contributed by atoms with Gasteiger partial charge in [0.1, 0.15) is 23.7 Å². The molecule has 4 aromatic rings. The fourth-order valence-electron chi connectivity index (χ4n) is 6.71. The van der Waals surface area contributed by atoms with E-state index in [4.69, 9.17) is 4.74 Å². The highest BCUT2D eigenvalue weighted by Crippen LogP contribution is 2.31. The highest BCUT2D eigenvalue weighted by molar-refractivity contribution is 7.89. The van der Waals surface area contributed by atoms with Crippen LogP contribution in [0.2, 0.25) is 0 Å². The van der Waals surface area contributed by atoms with E-state index in [9.17, 15) is 32.7 Å². The summed E-state index contributed by atoms with van der Waals surface area (Å²) in [7, 11) is -3.92. The number of fused-ring (bicyclic) bond motifs is 1. The molecule has 2 aromatic heterocycles. The number of carboxylic acids is 1. The normalized spacial score (nSPS) is 17.6. The number of morpholine rings is 1. The molecule has 2 aliphatic rings. The van der Waals surface area contributed by atoms with Gasteiger partial charge in [0.05, 0.1) is 23.7 Å². The second kappa shape index (κ2) is 15.7. The van der Waals surface area contributed by atoms with Crippen LogP contribution in [0.15, 0.2) is 71.9 Å². The maximum absolute atomic E-state index is 14.4. The molecule has 6 rings (SSSR count). The van der Waals surface area contributed by atoms with Crippen molar-refractivity contribution in [2.24, 2.45) is 0 Å². The summed E-state index contributed by atoms with van der Waals surface area (Å²) in [6.07, 6.45) is 3.61. The smallest absolute Gasteiger partial charge is 0.337 e. The summed E-state index contributed by atoms with van der Waals surface area (Å²) < 4.78 is 35.4. The van der Waals surface area contributed by atoms with Gasteiger partial charge in [-0.2, -0.15) is 4.31 Å². The average molecular weight is 731 g/mol. The molecule has 2 fully saturated rings. The zero-order chi connectivity index (χ0) is 37.0. The van der Waals surface area contributed by atoms with Gasteiger partial charge in [-0.05, 0) is 41.7 Å². The first-order valence-electron chi connectivity index (χ1n) is 17.3. The van der Waals surface area contributed by atoms with Crippen molar-refractivity contribution in [3.63, 3.8) is 0 Å². The van der Waals surface area contributed by atoms with E-state index < -0.39 is 33.8 Å². The molecule has 0 bridgehead atoms. The predicted octanol–water partition coefficient (Wildman–Crippen LogP) is 2.99. The summed E-state index contributed by atoms with van der Waals surface area (Å²) in [6, 6.07) is 13.7. The van der Waals surface area contributed by atoms with E-state index in [-0.39, 0.29) is 48.1 Å². The number of carboxylic acid groups (broad SMARTS) is 1. The van der Waals surface area contributed by atoms with Crippen LogP contribution >= 0.6 is 0 Å². The molecule has 0 spiro atoms. The number of benzene rings is 2. The van der Waals surface area contributed by atoms with Crippen LogP contribution in [0.25, 0.3) is 16.8 Å². The number of nitrogens with zero attached hydrogens (tertiary/aromatic N) is 5. The second-order valence-electron chi connectivity index (χ2n) is 13.2. The lowest BCUT2D eigenvalue weighted by atomic mass is 9.93. The summed E-state index contributed by atoms with van der Waals surface area (Å²) in [5.41, 5.74) is 2.56. The lowest BCUT2D eigenvalue weighted by Crippen LogP contribution is -2.51. The van der Waals surface area contributed by atoms with Crippen molar-refractivity contribution in [3.05, 3.63) is 89.4 Å². The van der Waals surface area contributed by atoms with Crippen molar-refractivity contribution >= 4 is 39.7 Å². The van der Waals surface area contributed by atoms with Crippen molar-refractivity contribution in [1.82, 2.24) is 28.8 Å². The van der Waals surface area contributed by atoms with Crippen molar-refractivity contribution in [2.45, 2.75) is 37.1 Å². The molecular formula is C37H42N6O8S. The molecule has 0 radical (unpaired) electrons. The zero-order valence-corrected chi connectivity index (χ0v) is 29.9. The fourth-order valence-corrected chi connectivity index (χ4v) is 8.18. The Kier molecular flexibility index (Phi) is 11.1. The number of carbonyl (C=O) groups is 4. The molecule has 0 aliphatic carbocycles. The van der Waals surface area contributed by atoms with Crippen molar-refractivity contribution in [1.29, 1.82) is 0 Å². The third-order valence-electron chi connectivity index (χ3n) is 9.56. The minimum absolute atomic E-state index is 0.000895. The number of nitrogens with one attached hydrogen (secondary N) is 1. The molecular weight excluding hydrogens is 689 g/mol. The summed E-state index contributed by atoms with van der Waals surface area (Å²) in [5, 5.41) is 12.9. The van der Waals surface area contributed by atoms with Crippen LogP contribution in [0, 0.1) is 0 Å². The van der Waals surface area contributed by atoms with Crippen molar-refractivity contribution in [2.75, 3.05) is 59.0 Å². The Morgan fingerprint density at radius 1 is 1.00 bits per heavy atom. The maximum Gasteiger partial charge on any atom is 0.337 e. The largest absolute Gasteiger partial charge is 0.478 e. The van der Waals surface area contributed by atoms with Gasteiger partial charge < -0.3 is 24.5 Å². The number of sulfonamides is 1. The monoisotopic (exact) mass is 730 g/mol. The molecule has 4 heterocycles. The molecule has 2 saturated heterocycles. The number of imidazole rings is 1. The van der Waals surface area contributed by atoms with E-state index >= 15 is 0 Å². The van der Waals surface area contributed by atoms with E-state index in [0.717, 1.165) is 24.9 Å². The predicted molar refractivity (Wildman–Crippen MR) is 192 cm³/mol. The van der Waals surface area contributed by atoms with E-state index in [2.05, 4.69) is 15.2 Å². The van der Waals surface area contributed by atoms with E-state index in [1.54, 1.807) is 30.3 Å². The second-order valence-corrected chi connectivity index (χ2v) is 15.1.